The summed E-state index contributed by atoms with van der Waals surface area (Å²) in [6, 6.07) is 11.4. The maximum atomic E-state index is 12.6. The van der Waals surface area contributed by atoms with Crippen LogP contribution in [0, 0.1) is 6.92 Å². The van der Waals surface area contributed by atoms with E-state index in [4.69, 9.17) is 0 Å². The number of piperazine rings is 1. The summed E-state index contributed by atoms with van der Waals surface area (Å²) < 4.78 is 27.8. The van der Waals surface area contributed by atoms with Crippen molar-refractivity contribution in [3.8, 4) is 0 Å². The Morgan fingerprint density at radius 1 is 1.12 bits per heavy atom. The molecule has 3 rings (SSSR count). The molecule has 2 aromatic rings. The van der Waals surface area contributed by atoms with Crippen LogP contribution < -0.4 is 0 Å². The summed E-state index contributed by atoms with van der Waals surface area (Å²) in [4.78, 5) is 15.2. The van der Waals surface area contributed by atoms with Crippen molar-refractivity contribution in [1.82, 2.24) is 9.21 Å². The average molecular weight is 475 g/mol. The Labute approximate surface area is 170 Å². The molecule has 0 radical (unpaired) electrons. The Morgan fingerprint density at radius 3 is 2.35 bits per heavy atom. The number of aryl methyl sites for hydroxylation is 1. The summed E-state index contributed by atoms with van der Waals surface area (Å²) >= 11 is 6.01. The van der Waals surface area contributed by atoms with Crippen LogP contribution in [-0.4, -0.2) is 55.5 Å². The Hall–Kier alpha value is -0.870. The number of thioether (sulfide) groups is 1. The molecule has 1 aromatic carbocycles. The normalized spacial score (nSPS) is 16.0. The second kappa shape index (κ2) is 8.43. The van der Waals surface area contributed by atoms with Crippen LogP contribution in [0.25, 0.3) is 0 Å². The summed E-state index contributed by atoms with van der Waals surface area (Å²) in [5, 5.41) is 0. The molecule has 0 N–H and O–H groups in total. The first-order valence-electron chi connectivity index (χ1n) is 8.09. The minimum absolute atomic E-state index is 0.0477. The summed E-state index contributed by atoms with van der Waals surface area (Å²) in [6.45, 7) is 3.55. The molecule has 0 saturated carbocycles. The number of sulfonamides is 1. The van der Waals surface area contributed by atoms with Gasteiger partial charge in [-0.25, -0.2) is 8.42 Å². The van der Waals surface area contributed by atoms with Crippen molar-refractivity contribution in [2.75, 3.05) is 31.9 Å². The van der Waals surface area contributed by atoms with Crippen molar-refractivity contribution in [3.05, 3.63) is 45.7 Å². The number of halogens is 1. The van der Waals surface area contributed by atoms with Gasteiger partial charge in [0.2, 0.25) is 5.91 Å². The van der Waals surface area contributed by atoms with Crippen molar-refractivity contribution in [1.29, 1.82) is 0 Å². The van der Waals surface area contributed by atoms with Gasteiger partial charge in [-0.05, 0) is 47.1 Å². The monoisotopic (exact) mass is 474 g/mol. The van der Waals surface area contributed by atoms with Crippen LogP contribution in [0.5, 0.6) is 0 Å². The van der Waals surface area contributed by atoms with Crippen LogP contribution in [0.2, 0.25) is 0 Å². The van der Waals surface area contributed by atoms with Crippen LogP contribution in [0.15, 0.2) is 49.3 Å². The zero-order valence-corrected chi connectivity index (χ0v) is 18.3. The third-order valence-corrected chi connectivity index (χ3v) is 9.10. The molecule has 5 nitrogen and oxygen atoms in total. The van der Waals surface area contributed by atoms with Gasteiger partial charge in [0.1, 0.15) is 4.21 Å². The Balaban J connectivity index is 1.53. The molecule has 1 aromatic heterocycles. The van der Waals surface area contributed by atoms with E-state index in [-0.39, 0.29) is 5.91 Å². The molecule has 1 saturated heterocycles. The van der Waals surface area contributed by atoms with Gasteiger partial charge in [0.25, 0.3) is 10.0 Å². The highest BCUT2D eigenvalue weighted by Gasteiger charge is 2.30. The fourth-order valence-corrected chi connectivity index (χ4v) is 7.00. The lowest BCUT2D eigenvalue weighted by Gasteiger charge is -2.33. The maximum Gasteiger partial charge on any atom is 0.252 e. The van der Waals surface area contributed by atoms with Crippen LogP contribution in [0.1, 0.15) is 5.56 Å². The zero-order chi connectivity index (χ0) is 18.7. The van der Waals surface area contributed by atoms with Gasteiger partial charge in [-0.1, -0.05) is 17.7 Å². The summed E-state index contributed by atoms with van der Waals surface area (Å²) in [7, 11) is -3.47. The number of rotatable bonds is 5. The zero-order valence-electron chi connectivity index (χ0n) is 14.2. The molecule has 0 bridgehead atoms. The van der Waals surface area contributed by atoms with E-state index in [2.05, 4.69) is 15.9 Å². The third kappa shape index (κ3) is 4.69. The number of amides is 1. The SMILES string of the molecule is Cc1ccc(SCC(=O)N2CCN(S(=O)(=O)c3ccc(Br)s3)CC2)cc1. The Bertz CT molecular complexity index is 873. The van der Waals surface area contributed by atoms with Crippen molar-refractivity contribution < 1.29 is 13.2 Å². The molecule has 140 valence electrons. The van der Waals surface area contributed by atoms with Crippen molar-refractivity contribution in [2.45, 2.75) is 16.0 Å². The van der Waals surface area contributed by atoms with Gasteiger partial charge < -0.3 is 4.90 Å². The lowest BCUT2D eigenvalue weighted by Crippen LogP contribution is -2.50. The average Bonchev–Trinajstić information content (AvgIpc) is 3.08. The van der Waals surface area contributed by atoms with Crippen LogP contribution in [0.3, 0.4) is 0 Å². The molecule has 1 amide bonds. The van der Waals surface area contributed by atoms with Crippen molar-refractivity contribution >= 4 is 55.0 Å². The van der Waals surface area contributed by atoms with E-state index in [1.807, 2.05) is 31.2 Å². The lowest BCUT2D eigenvalue weighted by atomic mass is 10.2. The predicted octanol–water partition coefficient (Wildman–Crippen LogP) is 3.44. The molecule has 26 heavy (non-hydrogen) atoms. The number of hydrogen-bond donors (Lipinski definition) is 0. The standard InChI is InChI=1S/C17H19BrN2O3S3/c1-13-2-4-14(5-3-13)24-12-16(21)19-8-10-20(11-9-19)26(22,23)17-7-6-15(18)25-17/h2-7H,8-12H2,1H3. The summed E-state index contributed by atoms with van der Waals surface area (Å²) in [5.41, 5.74) is 1.19. The van der Waals surface area contributed by atoms with Gasteiger partial charge in [-0.2, -0.15) is 4.31 Å². The molecule has 1 aliphatic rings. The van der Waals surface area contributed by atoms with Crippen LogP contribution >= 0.6 is 39.0 Å². The molecular weight excluding hydrogens is 456 g/mol. The van der Waals surface area contributed by atoms with E-state index in [1.54, 1.807) is 17.0 Å². The first-order chi connectivity index (χ1) is 12.4. The third-order valence-electron chi connectivity index (χ3n) is 4.12. The molecule has 2 heterocycles. The number of nitrogens with zero attached hydrogens (tertiary/aromatic N) is 2. The summed E-state index contributed by atoms with van der Waals surface area (Å²) in [6.07, 6.45) is 0. The van der Waals surface area contributed by atoms with E-state index >= 15 is 0 Å². The number of hydrogen-bond acceptors (Lipinski definition) is 5. The van der Waals surface area contributed by atoms with Crippen LogP contribution in [-0.2, 0) is 14.8 Å². The Morgan fingerprint density at radius 2 is 1.77 bits per heavy atom. The molecule has 0 unspecified atom stereocenters. The maximum absolute atomic E-state index is 12.6. The second-order valence-electron chi connectivity index (χ2n) is 5.95. The minimum Gasteiger partial charge on any atom is -0.339 e. The molecule has 1 fully saturated rings. The molecule has 0 atom stereocenters. The van der Waals surface area contributed by atoms with Gasteiger partial charge in [0.15, 0.2) is 0 Å². The topological polar surface area (TPSA) is 57.7 Å². The fraction of sp³-hybridized carbons (Fsp3) is 0.353. The number of benzene rings is 1. The smallest absolute Gasteiger partial charge is 0.252 e. The van der Waals surface area contributed by atoms with Crippen molar-refractivity contribution in [2.24, 2.45) is 0 Å². The van der Waals surface area contributed by atoms with E-state index in [9.17, 15) is 13.2 Å². The lowest BCUT2D eigenvalue weighted by molar-refractivity contribution is -0.129. The van der Waals surface area contributed by atoms with Gasteiger partial charge in [-0.15, -0.1) is 23.1 Å². The Kier molecular flexibility index (Phi) is 6.45. The van der Waals surface area contributed by atoms with Crippen LogP contribution in [0.4, 0.5) is 0 Å². The van der Waals surface area contributed by atoms with Gasteiger partial charge in [0, 0.05) is 31.1 Å². The first-order valence-corrected chi connectivity index (χ1v) is 12.1. The first kappa shape index (κ1) is 19.9. The summed E-state index contributed by atoms with van der Waals surface area (Å²) in [5.74, 6) is 0.416. The van der Waals surface area contributed by atoms with Gasteiger partial charge in [0.05, 0.1) is 9.54 Å². The van der Waals surface area contributed by atoms with Gasteiger partial charge >= 0.3 is 0 Å². The van der Waals surface area contributed by atoms with Gasteiger partial charge in [-0.3, -0.25) is 4.79 Å². The van der Waals surface area contributed by atoms with E-state index in [0.29, 0.717) is 36.1 Å². The predicted molar refractivity (Wildman–Crippen MR) is 109 cm³/mol. The quantitative estimate of drug-likeness (QED) is 0.622. The highest BCUT2D eigenvalue weighted by molar-refractivity contribution is 9.11. The van der Waals surface area contributed by atoms with E-state index in [0.717, 1.165) is 8.68 Å². The highest BCUT2D eigenvalue weighted by Crippen LogP contribution is 2.29. The van der Waals surface area contributed by atoms with E-state index in [1.165, 1.54) is 33.0 Å². The number of carbonyl (C=O) groups is 1. The second-order valence-corrected chi connectivity index (χ2v) is 11.6. The highest BCUT2D eigenvalue weighted by atomic mass is 79.9. The largest absolute Gasteiger partial charge is 0.339 e. The molecular formula is C17H19BrN2O3S3. The van der Waals surface area contributed by atoms with E-state index < -0.39 is 10.0 Å². The molecule has 9 heteroatoms. The fourth-order valence-electron chi connectivity index (χ4n) is 2.61. The minimum atomic E-state index is -3.47. The number of carbonyl (C=O) groups excluding carboxylic acids is 1. The molecule has 1 aliphatic heterocycles. The number of thiophene rings is 1. The molecule has 0 spiro atoms. The molecule has 0 aliphatic carbocycles. The van der Waals surface area contributed by atoms with Crippen molar-refractivity contribution in [3.63, 3.8) is 0 Å².